The smallest absolute Gasteiger partial charge is 0.142 e. The van der Waals surface area contributed by atoms with Crippen LogP contribution in [0.2, 0.25) is 0 Å². The molecule has 0 bridgehead atoms. The number of hydrogen-bond donors (Lipinski definition) is 2. The van der Waals surface area contributed by atoms with Crippen LogP contribution >= 0.6 is 57.6 Å². The minimum Gasteiger partial charge on any atom is -0.506 e. The van der Waals surface area contributed by atoms with Crippen LogP contribution in [-0.4, -0.2) is 5.11 Å². The number of nitrogens with two attached hydrogens (primary N) is 1. The van der Waals surface area contributed by atoms with Crippen LogP contribution in [0.1, 0.15) is 18.0 Å². The Morgan fingerprint density at radius 3 is 2.27 bits per heavy atom. The zero-order valence-corrected chi connectivity index (χ0v) is 13.0. The summed E-state index contributed by atoms with van der Waals surface area (Å²) >= 11 is 4.20. The fourth-order valence-corrected chi connectivity index (χ4v) is 2.93. The fourth-order valence-electron chi connectivity index (χ4n) is 1.11. The predicted molar refractivity (Wildman–Crippen MR) is 82.5 cm³/mol. The topological polar surface area (TPSA) is 46.2 Å². The Hall–Kier alpha value is 0.470. The van der Waals surface area contributed by atoms with Crippen LogP contribution in [0.3, 0.4) is 0 Å². The van der Waals surface area contributed by atoms with Crippen molar-refractivity contribution in [2.45, 2.75) is 12.5 Å². The Bertz CT molecular complexity index is 334. The number of halogens is 3. The lowest BCUT2D eigenvalue weighted by Crippen LogP contribution is -2.09. The molecular formula is C10H12ClI2NO. The van der Waals surface area contributed by atoms with E-state index in [1.54, 1.807) is 6.08 Å². The normalized spacial score (nSPS) is 11.7. The second-order valence-corrected chi connectivity index (χ2v) is 5.29. The molecule has 3 N–H and O–H groups in total. The van der Waals surface area contributed by atoms with Gasteiger partial charge in [-0.1, -0.05) is 6.08 Å². The highest BCUT2D eigenvalue weighted by atomic mass is 127. The number of rotatable bonds is 3. The molecule has 1 aromatic carbocycles. The first kappa shape index (κ1) is 15.5. The van der Waals surface area contributed by atoms with Gasteiger partial charge in [-0.2, -0.15) is 0 Å². The van der Waals surface area contributed by atoms with Gasteiger partial charge in [0.05, 0.1) is 7.14 Å². The molecular weight excluding hydrogens is 439 g/mol. The number of benzene rings is 1. The summed E-state index contributed by atoms with van der Waals surface area (Å²) in [5.74, 6) is 0.334. The Morgan fingerprint density at radius 2 is 1.87 bits per heavy atom. The van der Waals surface area contributed by atoms with Gasteiger partial charge in [-0.15, -0.1) is 19.0 Å². The molecule has 0 saturated carbocycles. The Labute approximate surface area is 123 Å². The van der Waals surface area contributed by atoms with Crippen molar-refractivity contribution in [3.63, 3.8) is 0 Å². The molecule has 84 valence electrons. The van der Waals surface area contributed by atoms with Crippen molar-refractivity contribution >= 4 is 57.6 Å². The van der Waals surface area contributed by atoms with Gasteiger partial charge in [-0.3, -0.25) is 0 Å². The molecule has 0 amide bonds. The molecule has 0 aliphatic rings. The predicted octanol–water partition coefficient (Wildman–Crippen LogP) is 3.60. The standard InChI is InChI=1S/C10H11I2NO.ClH/c1-2-3-9(13)6-4-7(11)10(14)8(12)5-6;/h2,4-5,9,14H,1,3,13H2;1H/t9-;/m0./s1. The van der Waals surface area contributed by atoms with Crippen molar-refractivity contribution in [1.29, 1.82) is 0 Å². The summed E-state index contributed by atoms with van der Waals surface area (Å²) in [6, 6.07) is 3.79. The van der Waals surface area contributed by atoms with E-state index in [0.717, 1.165) is 19.1 Å². The highest BCUT2D eigenvalue weighted by molar-refractivity contribution is 14.1. The maximum absolute atomic E-state index is 9.57. The summed E-state index contributed by atoms with van der Waals surface area (Å²) in [7, 11) is 0. The van der Waals surface area contributed by atoms with Gasteiger partial charge in [-0.05, 0) is 69.3 Å². The van der Waals surface area contributed by atoms with Crippen LogP contribution in [0.4, 0.5) is 0 Å². The molecule has 0 radical (unpaired) electrons. The third-order valence-electron chi connectivity index (χ3n) is 1.89. The van der Waals surface area contributed by atoms with Gasteiger partial charge >= 0.3 is 0 Å². The van der Waals surface area contributed by atoms with Gasteiger partial charge in [-0.25, -0.2) is 0 Å². The van der Waals surface area contributed by atoms with Crippen molar-refractivity contribution in [1.82, 2.24) is 0 Å². The number of phenols is 1. The first-order valence-corrected chi connectivity index (χ1v) is 6.26. The van der Waals surface area contributed by atoms with Crippen LogP contribution in [0, 0.1) is 7.14 Å². The van der Waals surface area contributed by atoms with Crippen molar-refractivity contribution in [2.24, 2.45) is 5.73 Å². The van der Waals surface area contributed by atoms with Crippen LogP contribution < -0.4 is 5.73 Å². The average molecular weight is 451 g/mol. The highest BCUT2D eigenvalue weighted by Gasteiger charge is 2.10. The fraction of sp³-hybridized carbons (Fsp3) is 0.200. The molecule has 0 aliphatic carbocycles. The molecule has 0 aliphatic heterocycles. The Kier molecular flexibility index (Phi) is 7.14. The lowest BCUT2D eigenvalue weighted by Gasteiger charge is -2.11. The second kappa shape index (κ2) is 6.93. The molecule has 1 aromatic rings. The van der Waals surface area contributed by atoms with Gasteiger partial charge in [0, 0.05) is 6.04 Å². The monoisotopic (exact) mass is 451 g/mol. The lowest BCUT2D eigenvalue weighted by molar-refractivity contribution is 0.467. The summed E-state index contributed by atoms with van der Waals surface area (Å²) in [4.78, 5) is 0. The molecule has 2 nitrogen and oxygen atoms in total. The first-order valence-electron chi connectivity index (χ1n) is 4.10. The number of aromatic hydroxyl groups is 1. The van der Waals surface area contributed by atoms with Crippen molar-refractivity contribution in [3.05, 3.63) is 37.5 Å². The molecule has 5 heteroatoms. The largest absolute Gasteiger partial charge is 0.506 e. The van der Waals surface area contributed by atoms with E-state index < -0.39 is 0 Å². The summed E-state index contributed by atoms with van der Waals surface area (Å²) in [5, 5.41) is 9.57. The van der Waals surface area contributed by atoms with Crippen LogP contribution in [0.5, 0.6) is 5.75 Å². The molecule has 0 aromatic heterocycles. The van der Waals surface area contributed by atoms with E-state index in [4.69, 9.17) is 5.73 Å². The first-order chi connectivity index (χ1) is 6.56. The molecule has 0 heterocycles. The summed E-state index contributed by atoms with van der Waals surface area (Å²) in [5.41, 5.74) is 6.97. The molecule has 1 atom stereocenters. The van der Waals surface area contributed by atoms with Crippen molar-refractivity contribution in [2.75, 3.05) is 0 Å². The van der Waals surface area contributed by atoms with Gasteiger partial charge in [0.2, 0.25) is 0 Å². The van der Waals surface area contributed by atoms with Gasteiger partial charge < -0.3 is 10.8 Å². The van der Waals surface area contributed by atoms with Crippen LogP contribution in [-0.2, 0) is 0 Å². The quantitative estimate of drug-likeness (QED) is 0.545. The van der Waals surface area contributed by atoms with Crippen LogP contribution in [0.15, 0.2) is 24.8 Å². The second-order valence-electron chi connectivity index (χ2n) is 2.96. The van der Waals surface area contributed by atoms with E-state index in [-0.39, 0.29) is 18.4 Å². The average Bonchev–Trinajstić information content (AvgIpc) is 2.13. The van der Waals surface area contributed by atoms with E-state index >= 15 is 0 Å². The third kappa shape index (κ3) is 4.08. The summed E-state index contributed by atoms with van der Waals surface area (Å²) in [6.07, 6.45) is 2.55. The highest BCUT2D eigenvalue weighted by Crippen LogP contribution is 2.29. The number of phenolic OH excluding ortho intramolecular Hbond substituents is 1. The number of hydrogen-bond acceptors (Lipinski definition) is 2. The maximum atomic E-state index is 9.57. The molecule has 0 unspecified atom stereocenters. The zero-order valence-electron chi connectivity index (χ0n) is 7.91. The minimum atomic E-state index is -0.0323. The Morgan fingerprint density at radius 1 is 1.40 bits per heavy atom. The lowest BCUT2D eigenvalue weighted by atomic mass is 10.1. The Balaban J connectivity index is 0.00000196. The van der Waals surface area contributed by atoms with Crippen LogP contribution in [0.25, 0.3) is 0 Å². The van der Waals surface area contributed by atoms with Gasteiger partial charge in [0.25, 0.3) is 0 Å². The molecule has 0 saturated heterocycles. The maximum Gasteiger partial charge on any atom is 0.142 e. The van der Waals surface area contributed by atoms with E-state index in [1.165, 1.54) is 0 Å². The van der Waals surface area contributed by atoms with E-state index in [1.807, 2.05) is 12.1 Å². The molecule has 0 spiro atoms. The zero-order chi connectivity index (χ0) is 10.7. The molecule has 0 fully saturated rings. The van der Waals surface area contributed by atoms with E-state index in [9.17, 15) is 5.11 Å². The summed E-state index contributed by atoms with van der Waals surface area (Å²) in [6.45, 7) is 3.66. The molecule has 1 rings (SSSR count). The van der Waals surface area contributed by atoms with Gasteiger partial charge in [0.15, 0.2) is 0 Å². The van der Waals surface area contributed by atoms with E-state index in [2.05, 4.69) is 51.8 Å². The minimum absolute atomic E-state index is 0. The van der Waals surface area contributed by atoms with E-state index in [0.29, 0.717) is 5.75 Å². The summed E-state index contributed by atoms with van der Waals surface area (Å²) < 4.78 is 1.67. The van der Waals surface area contributed by atoms with Crippen molar-refractivity contribution < 1.29 is 5.11 Å². The van der Waals surface area contributed by atoms with Gasteiger partial charge in [0.1, 0.15) is 5.75 Å². The molecule has 15 heavy (non-hydrogen) atoms. The van der Waals surface area contributed by atoms with Crippen molar-refractivity contribution in [3.8, 4) is 5.75 Å². The third-order valence-corrected chi connectivity index (χ3v) is 3.53. The SMILES string of the molecule is C=CC[C@H](N)c1cc(I)c(O)c(I)c1.Cl.